The van der Waals surface area contributed by atoms with Crippen molar-refractivity contribution in [1.29, 1.82) is 0 Å². The van der Waals surface area contributed by atoms with Gasteiger partial charge in [-0.3, -0.25) is 4.79 Å². The number of hydrogen-bond donors (Lipinski definition) is 2. The summed E-state index contributed by atoms with van der Waals surface area (Å²) in [6, 6.07) is 1.91. The fourth-order valence-corrected chi connectivity index (χ4v) is 1.62. The molecule has 1 aromatic rings. The Morgan fingerprint density at radius 2 is 2.11 bits per heavy atom. The third-order valence-electron chi connectivity index (χ3n) is 2.78. The number of anilines is 2. The Labute approximate surface area is 114 Å². The van der Waals surface area contributed by atoms with Crippen LogP contribution >= 0.6 is 0 Å². The zero-order valence-corrected chi connectivity index (χ0v) is 12.2. The second-order valence-electron chi connectivity index (χ2n) is 4.26. The van der Waals surface area contributed by atoms with E-state index in [1.54, 1.807) is 7.05 Å². The molecule has 0 aromatic carbocycles. The molecule has 0 bridgehead atoms. The van der Waals surface area contributed by atoms with Gasteiger partial charge in [0.1, 0.15) is 17.5 Å². The first-order valence-electron chi connectivity index (χ1n) is 6.64. The van der Waals surface area contributed by atoms with Crippen LogP contribution in [-0.2, 0) is 11.2 Å². The number of rotatable bonds is 7. The molecule has 0 atom stereocenters. The summed E-state index contributed by atoms with van der Waals surface area (Å²) in [5.74, 6) is 2.51. The van der Waals surface area contributed by atoms with Gasteiger partial charge in [-0.15, -0.1) is 0 Å². The van der Waals surface area contributed by atoms with E-state index in [2.05, 4.69) is 20.6 Å². The van der Waals surface area contributed by atoms with Gasteiger partial charge in [-0.05, 0) is 6.92 Å². The summed E-state index contributed by atoms with van der Waals surface area (Å²) in [5, 5.41) is 5.81. The fourth-order valence-electron chi connectivity index (χ4n) is 1.62. The van der Waals surface area contributed by atoms with Crippen LogP contribution in [-0.4, -0.2) is 43.1 Å². The van der Waals surface area contributed by atoms with Crippen LogP contribution in [0.15, 0.2) is 6.07 Å². The van der Waals surface area contributed by atoms with Gasteiger partial charge in [0.15, 0.2) is 0 Å². The van der Waals surface area contributed by atoms with Gasteiger partial charge < -0.3 is 15.5 Å². The molecule has 0 saturated heterocycles. The highest BCUT2D eigenvalue weighted by Crippen LogP contribution is 2.15. The SMILES string of the molecule is CCNc1cc(N(C)CCC(=O)NC)nc(CC)n1. The van der Waals surface area contributed by atoms with E-state index in [-0.39, 0.29) is 5.91 Å². The molecule has 0 unspecified atom stereocenters. The van der Waals surface area contributed by atoms with Crippen LogP contribution < -0.4 is 15.5 Å². The summed E-state index contributed by atoms with van der Waals surface area (Å²) in [7, 11) is 3.58. The van der Waals surface area contributed by atoms with Crippen LogP contribution in [0.1, 0.15) is 26.1 Å². The van der Waals surface area contributed by atoms with Crippen LogP contribution in [0, 0.1) is 0 Å². The lowest BCUT2D eigenvalue weighted by molar-refractivity contribution is -0.120. The maximum atomic E-state index is 11.3. The fraction of sp³-hybridized carbons (Fsp3) is 0.615. The van der Waals surface area contributed by atoms with Gasteiger partial charge in [0, 0.05) is 46.1 Å². The number of aryl methyl sites for hydroxylation is 1. The van der Waals surface area contributed by atoms with E-state index in [1.165, 1.54) is 0 Å². The molecule has 2 N–H and O–H groups in total. The summed E-state index contributed by atoms with van der Waals surface area (Å²) in [6.45, 7) is 5.51. The molecule has 0 aliphatic carbocycles. The van der Waals surface area contributed by atoms with E-state index in [0.717, 1.165) is 30.4 Å². The van der Waals surface area contributed by atoms with Gasteiger partial charge in [0.05, 0.1) is 0 Å². The monoisotopic (exact) mass is 265 g/mol. The molecule has 1 heterocycles. The number of nitrogens with one attached hydrogen (secondary N) is 2. The van der Waals surface area contributed by atoms with Crippen molar-refractivity contribution in [2.24, 2.45) is 0 Å². The smallest absolute Gasteiger partial charge is 0.221 e. The Kier molecular flexibility index (Phi) is 6.05. The van der Waals surface area contributed by atoms with Gasteiger partial charge in [-0.2, -0.15) is 0 Å². The molecular weight excluding hydrogens is 242 g/mol. The zero-order valence-electron chi connectivity index (χ0n) is 12.2. The number of hydrogen-bond acceptors (Lipinski definition) is 5. The van der Waals surface area contributed by atoms with Crippen molar-refractivity contribution in [2.45, 2.75) is 26.7 Å². The molecule has 106 valence electrons. The second-order valence-corrected chi connectivity index (χ2v) is 4.26. The Hall–Kier alpha value is -1.85. The van der Waals surface area contributed by atoms with Gasteiger partial charge in [-0.1, -0.05) is 6.92 Å². The summed E-state index contributed by atoms with van der Waals surface area (Å²) >= 11 is 0. The van der Waals surface area contributed by atoms with Crippen LogP contribution in [0.5, 0.6) is 0 Å². The minimum absolute atomic E-state index is 0.0310. The molecule has 0 saturated carbocycles. The van der Waals surface area contributed by atoms with Crippen molar-refractivity contribution in [2.75, 3.05) is 37.4 Å². The van der Waals surface area contributed by atoms with Gasteiger partial charge in [-0.25, -0.2) is 9.97 Å². The van der Waals surface area contributed by atoms with Crippen molar-refractivity contribution in [1.82, 2.24) is 15.3 Å². The van der Waals surface area contributed by atoms with Crippen LogP contribution in [0.4, 0.5) is 11.6 Å². The Morgan fingerprint density at radius 3 is 2.68 bits per heavy atom. The Balaban J connectivity index is 2.79. The van der Waals surface area contributed by atoms with Crippen LogP contribution in [0.25, 0.3) is 0 Å². The zero-order chi connectivity index (χ0) is 14.3. The van der Waals surface area contributed by atoms with Gasteiger partial charge in [0.2, 0.25) is 5.91 Å². The summed E-state index contributed by atoms with van der Waals surface area (Å²) in [5.41, 5.74) is 0. The number of carbonyl (C=O) groups excluding carboxylic acids is 1. The topological polar surface area (TPSA) is 70.2 Å². The van der Waals surface area contributed by atoms with E-state index in [9.17, 15) is 4.79 Å². The van der Waals surface area contributed by atoms with E-state index in [0.29, 0.717) is 13.0 Å². The Bertz CT molecular complexity index is 421. The van der Waals surface area contributed by atoms with Crippen molar-refractivity contribution >= 4 is 17.5 Å². The van der Waals surface area contributed by atoms with E-state index < -0.39 is 0 Å². The summed E-state index contributed by atoms with van der Waals surface area (Å²) < 4.78 is 0. The standard InChI is InChI=1S/C13H23N5O/c1-5-10-16-11(15-6-2)9-12(17-10)18(4)8-7-13(19)14-3/h9H,5-8H2,1-4H3,(H,14,19)(H,15,16,17). The number of nitrogens with zero attached hydrogens (tertiary/aromatic N) is 3. The van der Waals surface area contributed by atoms with Crippen LogP contribution in [0.3, 0.4) is 0 Å². The van der Waals surface area contributed by atoms with Crippen molar-refractivity contribution < 1.29 is 4.79 Å². The average Bonchev–Trinajstić information content (AvgIpc) is 2.44. The molecule has 0 aliphatic heterocycles. The van der Waals surface area contributed by atoms with Crippen molar-refractivity contribution in [3.8, 4) is 0 Å². The molecule has 1 amide bonds. The molecule has 0 fully saturated rings. The predicted molar refractivity (Wildman–Crippen MR) is 77.5 cm³/mol. The molecule has 1 rings (SSSR count). The number of aromatic nitrogens is 2. The number of carbonyl (C=O) groups is 1. The summed E-state index contributed by atoms with van der Waals surface area (Å²) in [4.78, 5) is 22.1. The molecule has 0 radical (unpaired) electrons. The first-order chi connectivity index (χ1) is 9.10. The first kappa shape index (κ1) is 15.2. The minimum Gasteiger partial charge on any atom is -0.370 e. The molecule has 6 heteroatoms. The first-order valence-corrected chi connectivity index (χ1v) is 6.64. The largest absolute Gasteiger partial charge is 0.370 e. The molecular formula is C13H23N5O. The quantitative estimate of drug-likeness (QED) is 0.771. The maximum Gasteiger partial charge on any atom is 0.221 e. The predicted octanol–water partition coefficient (Wildman–Crippen LogP) is 1.04. The molecule has 0 spiro atoms. The third-order valence-corrected chi connectivity index (χ3v) is 2.78. The molecule has 6 nitrogen and oxygen atoms in total. The molecule has 19 heavy (non-hydrogen) atoms. The normalized spacial score (nSPS) is 10.1. The lowest BCUT2D eigenvalue weighted by Crippen LogP contribution is -2.27. The highest BCUT2D eigenvalue weighted by molar-refractivity contribution is 5.76. The third kappa shape index (κ3) is 4.73. The van der Waals surface area contributed by atoms with E-state index in [1.807, 2.05) is 31.9 Å². The number of amides is 1. The Morgan fingerprint density at radius 1 is 1.37 bits per heavy atom. The second kappa shape index (κ2) is 7.56. The van der Waals surface area contributed by atoms with Crippen LogP contribution in [0.2, 0.25) is 0 Å². The minimum atomic E-state index is 0.0310. The van der Waals surface area contributed by atoms with Crippen molar-refractivity contribution in [3.63, 3.8) is 0 Å². The van der Waals surface area contributed by atoms with Gasteiger partial charge in [0.25, 0.3) is 0 Å². The summed E-state index contributed by atoms with van der Waals surface area (Å²) in [6.07, 6.45) is 1.24. The highest BCUT2D eigenvalue weighted by Gasteiger charge is 2.09. The van der Waals surface area contributed by atoms with Gasteiger partial charge >= 0.3 is 0 Å². The van der Waals surface area contributed by atoms with E-state index in [4.69, 9.17) is 0 Å². The molecule has 0 aliphatic rings. The molecule has 1 aromatic heterocycles. The highest BCUT2D eigenvalue weighted by atomic mass is 16.1. The lowest BCUT2D eigenvalue weighted by Gasteiger charge is -2.19. The van der Waals surface area contributed by atoms with E-state index >= 15 is 0 Å². The van der Waals surface area contributed by atoms with Crippen molar-refractivity contribution in [3.05, 3.63) is 11.9 Å². The maximum absolute atomic E-state index is 11.3. The lowest BCUT2D eigenvalue weighted by atomic mass is 10.3. The average molecular weight is 265 g/mol.